The second kappa shape index (κ2) is 6.89. The molecule has 0 fully saturated rings. The molecule has 100 valence electrons. The van der Waals surface area contributed by atoms with E-state index < -0.39 is 0 Å². The average Bonchev–Trinajstić information content (AvgIpc) is 2.39. The van der Waals surface area contributed by atoms with Gasteiger partial charge >= 0.3 is 0 Å². The normalized spacial score (nSPS) is 10.7. The summed E-state index contributed by atoms with van der Waals surface area (Å²) in [5.74, 6) is 0. The Morgan fingerprint density at radius 1 is 1.32 bits per heavy atom. The van der Waals surface area contributed by atoms with Gasteiger partial charge in [0.1, 0.15) is 0 Å². The van der Waals surface area contributed by atoms with Crippen LogP contribution in [0, 0.1) is 6.92 Å². The molecule has 0 aliphatic rings. The highest BCUT2D eigenvalue weighted by molar-refractivity contribution is 7.99. The summed E-state index contributed by atoms with van der Waals surface area (Å²) in [6.07, 6.45) is 1.77. The molecule has 0 saturated carbocycles. The smallest absolute Gasteiger partial charge is 0.192 e. The third-order valence-electron chi connectivity index (χ3n) is 2.58. The Morgan fingerprint density at radius 2 is 2.16 bits per heavy atom. The topological polar surface area (TPSA) is 37.8 Å². The van der Waals surface area contributed by atoms with Crippen molar-refractivity contribution in [3.05, 3.63) is 46.7 Å². The van der Waals surface area contributed by atoms with Crippen molar-refractivity contribution in [3.8, 4) is 0 Å². The van der Waals surface area contributed by atoms with Gasteiger partial charge in [-0.05, 0) is 42.9 Å². The molecule has 0 atom stereocenters. The van der Waals surface area contributed by atoms with E-state index in [-0.39, 0.29) is 0 Å². The van der Waals surface area contributed by atoms with Crippen LogP contribution in [-0.2, 0) is 6.54 Å². The first-order chi connectivity index (χ1) is 9.20. The molecule has 0 aliphatic heterocycles. The summed E-state index contributed by atoms with van der Waals surface area (Å²) in [5, 5.41) is 4.79. The van der Waals surface area contributed by atoms with E-state index in [1.54, 1.807) is 6.20 Å². The number of rotatable bonds is 5. The Labute approximate surface area is 122 Å². The van der Waals surface area contributed by atoms with Gasteiger partial charge < -0.3 is 5.32 Å². The van der Waals surface area contributed by atoms with Gasteiger partial charge in [-0.3, -0.25) is 0 Å². The number of hydrogen-bond donors (Lipinski definition) is 1. The first-order valence-electron chi connectivity index (χ1n) is 6.16. The average molecular weight is 294 g/mol. The predicted octanol–water partition coefficient (Wildman–Crippen LogP) is 3.70. The molecule has 0 spiro atoms. The maximum atomic E-state index is 6.29. The molecule has 3 nitrogen and oxygen atoms in total. The van der Waals surface area contributed by atoms with E-state index in [1.807, 2.05) is 25.1 Å². The Hall–Kier alpha value is -1.10. The lowest BCUT2D eigenvalue weighted by Gasteiger charge is -2.10. The highest BCUT2D eigenvalue weighted by Crippen LogP contribution is 2.34. The van der Waals surface area contributed by atoms with Crippen LogP contribution in [0.3, 0.4) is 0 Å². The van der Waals surface area contributed by atoms with Crippen molar-refractivity contribution < 1.29 is 0 Å². The Morgan fingerprint density at radius 3 is 2.89 bits per heavy atom. The lowest BCUT2D eigenvalue weighted by Crippen LogP contribution is -2.12. The fourth-order valence-corrected chi connectivity index (χ4v) is 2.87. The zero-order chi connectivity index (χ0) is 13.7. The van der Waals surface area contributed by atoms with Crippen LogP contribution in [0.1, 0.15) is 18.2 Å². The first kappa shape index (κ1) is 14.3. The van der Waals surface area contributed by atoms with E-state index in [1.165, 1.54) is 17.3 Å². The molecule has 1 aromatic carbocycles. The summed E-state index contributed by atoms with van der Waals surface area (Å²) < 4.78 is 0. The number of aromatic nitrogens is 2. The summed E-state index contributed by atoms with van der Waals surface area (Å²) in [4.78, 5) is 9.70. The van der Waals surface area contributed by atoms with Gasteiger partial charge in [-0.25, -0.2) is 9.97 Å². The number of hydrogen-bond acceptors (Lipinski definition) is 4. The standard InChI is InChI=1S/C14H16ClN3S/c1-3-16-9-11-5-4-6-12(15)13(11)19-14-17-8-7-10(2)18-14/h4-8,16H,3,9H2,1-2H3. The van der Waals surface area contributed by atoms with Gasteiger partial charge in [0.25, 0.3) is 0 Å². The van der Waals surface area contributed by atoms with Crippen molar-refractivity contribution in [3.63, 3.8) is 0 Å². The highest BCUT2D eigenvalue weighted by atomic mass is 35.5. The predicted molar refractivity (Wildman–Crippen MR) is 79.7 cm³/mol. The van der Waals surface area contributed by atoms with Crippen LogP contribution in [-0.4, -0.2) is 16.5 Å². The molecule has 0 bridgehead atoms. The van der Waals surface area contributed by atoms with Crippen molar-refractivity contribution >= 4 is 23.4 Å². The molecule has 0 unspecified atom stereocenters. The molecule has 1 heterocycles. The molecule has 5 heteroatoms. The number of nitrogens with zero attached hydrogens (tertiary/aromatic N) is 2. The van der Waals surface area contributed by atoms with Crippen LogP contribution >= 0.6 is 23.4 Å². The minimum atomic E-state index is 0.728. The van der Waals surface area contributed by atoms with Gasteiger partial charge in [-0.15, -0.1) is 0 Å². The van der Waals surface area contributed by atoms with E-state index in [9.17, 15) is 0 Å². The van der Waals surface area contributed by atoms with Crippen LogP contribution < -0.4 is 5.32 Å². The summed E-state index contributed by atoms with van der Waals surface area (Å²) >= 11 is 7.81. The van der Waals surface area contributed by atoms with Crippen LogP contribution in [0.25, 0.3) is 0 Å². The second-order valence-electron chi connectivity index (χ2n) is 4.09. The lowest BCUT2D eigenvalue weighted by molar-refractivity contribution is 0.718. The number of halogens is 1. The minimum absolute atomic E-state index is 0.728. The third-order valence-corrected chi connectivity index (χ3v) is 4.07. The van der Waals surface area contributed by atoms with E-state index in [0.29, 0.717) is 0 Å². The van der Waals surface area contributed by atoms with E-state index >= 15 is 0 Å². The molecule has 2 aromatic rings. The summed E-state index contributed by atoms with van der Waals surface area (Å²) in [7, 11) is 0. The van der Waals surface area contributed by atoms with E-state index in [0.717, 1.165) is 33.9 Å². The van der Waals surface area contributed by atoms with Crippen LogP contribution in [0.4, 0.5) is 0 Å². The molecular weight excluding hydrogens is 278 g/mol. The monoisotopic (exact) mass is 293 g/mol. The maximum Gasteiger partial charge on any atom is 0.192 e. The van der Waals surface area contributed by atoms with Gasteiger partial charge in [0.05, 0.1) is 5.02 Å². The molecule has 1 N–H and O–H groups in total. The van der Waals surface area contributed by atoms with Gasteiger partial charge in [-0.1, -0.05) is 30.7 Å². The van der Waals surface area contributed by atoms with Crippen LogP contribution in [0.2, 0.25) is 5.02 Å². The fourth-order valence-electron chi connectivity index (χ4n) is 1.63. The maximum absolute atomic E-state index is 6.29. The largest absolute Gasteiger partial charge is 0.313 e. The highest BCUT2D eigenvalue weighted by Gasteiger charge is 2.10. The summed E-state index contributed by atoms with van der Waals surface area (Å²) in [6.45, 7) is 5.77. The van der Waals surface area contributed by atoms with Gasteiger partial charge in [0.15, 0.2) is 5.16 Å². The summed E-state index contributed by atoms with van der Waals surface area (Å²) in [5.41, 5.74) is 2.13. The molecule has 0 radical (unpaired) electrons. The molecule has 0 aliphatic carbocycles. The van der Waals surface area contributed by atoms with Crippen molar-refractivity contribution in [1.82, 2.24) is 15.3 Å². The Bertz CT molecular complexity index is 560. The SMILES string of the molecule is CCNCc1cccc(Cl)c1Sc1nccc(C)n1. The lowest BCUT2D eigenvalue weighted by atomic mass is 10.2. The number of nitrogens with one attached hydrogen (secondary N) is 1. The molecule has 1 aromatic heterocycles. The fraction of sp³-hybridized carbons (Fsp3) is 0.286. The summed E-state index contributed by atoms with van der Waals surface area (Å²) in [6, 6.07) is 7.83. The molecule has 0 amide bonds. The number of benzene rings is 1. The zero-order valence-electron chi connectivity index (χ0n) is 11.0. The second-order valence-corrected chi connectivity index (χ2v) is 5.48. The van der Waals surface area contributed by atoms with Crippen LogP contribution in [0.15, 0.2) is 40.5 Å². The van der Waals surface area contributed by atoms with Gasteiger partial charge in [0, 0.05) is 23.3 Å². The Balaban J connectivity index is 2.27. The first-order valence-corrected chi connectivity index (χ1v) is 7.35. The molecular formula is C14H16ClN3S. The molecule has 2 rings (SSSR count). The van der Waals surface area contributed by atoms with Gasteiger partial charge in [-0.2, -0.15) is 0 Å². The van der Waals surface area contributed by atoms with E-state index in [2.05, 4.69) is 28.3 Å². The van der Waals surface area contributed by atoms with Crippen molar-refractivity contribution in [2.45, 2.75) is 30.4 Å². The van der Waals surface area contributed by atoms with Gasteiger partial charge in [0.2, 0.25) is 0 Å². The zero-order valence-corrected chi connectivity index (χ0v) is 12.6. The van der Waals surface area contributed by atoms with Crippen molar-refractivity contribution in [2.24, 2.45) is 0 Å². The minimum Gasteiger partial charge on any atom is -0.313 e. The Kier molecular flexibility index (Phi) is 5.19. The van der Waals surface area contributed by atoms with Crippen molar-refractivity contribution in [1.29, 1.82) is 0 Å². The van der Waals surface area contributed by atoms with Crippen LogP contribution in [0.5, 0.6) is 0 Å². The van der Waals surface area contributed by atoms with Crippen molar-refractivity contribution in [2.75, 3.05) is 6.54 Å². The molecule has 19 heavy (non-hydrogen) atoms. The van der Waals surface area contributed by atoms with E-state index in [4.69, 9.17) is 11.6 Å². The molecule has 0 saturated heterocycles. The number of aryl methyl sites for hydroxylation is 1. The third kappa shape index (κ3) is 3.93. The quantitative estimate of drug-likeness (QED) is 0.853.